The third-order valence-corrected chi connectivity index (χ3v) is 4.42. The van der Waals surface area contributed by atoms with Crippen LogP contribution in [0.5, 0.6) is 11.5 Å². The van der Waals surface area contributed by atoms with Crippen molar-refractivity contribution in [2.75, 3.05) is 24.8 Å². The second-order valence-electron chi connectivity index (χ2n) is 5.06. The molecule has 0 aromatic heterocycles. The van der Waals surface area contributed by atoms with Crippen molar-refractivity contribution in [1.29, 1.82) is 0 Å². The molecular weight excluding hydrogens is 334 g/mol. The Morgan fingerprint density at radius 3 is 2.70 bits per heavy atom. The molecule has 1 heterocycles. The molecule has 0 saturated heterocycles. The molecule has 0 unspecified atom stereocenters. The maximum absolute atomic E-state index is 12.2. The zero-order valence-electron chi connectivity index (χ0n) is 12.6. The SMILES string of the molecule is CSc1ccc(NC(=O)Cc2cc(Cl)c3c(c2)OCCO3)cc1. The number of hydrogen-bond donors (Lipinski definition) is 1. The summed E-state index contributed by atoms with van der Waals surface area (Å²) in [4.78, 5) is 13.3. The van der Waals surface area contributed by atoms with E-state index in [9.17, 15) is 4.79 Å². The van der Waals surface area contributed by atoms with Crippen molar-refractivity contribution in [1.82, 2.24) is 0 Å². The number of anilines is 1. The number of carbonyl (C=O) groups excluding carboxylic acids is 1. The van der Waals surface area contributed by atoms with Crippen LogP contribution >= 0.6 is 23.4 Å². The summed E-state index contributed by atoms with van der Waals surface area (Å²) in [6, 6.07) is 11.3. The van der Waals surface area contributed by atoms with Gasteiger partial charge in [-0.05, 0) is 48.2 Å². The van der Waals surface area contributed by atoms with Crippen molar-refractivity contribution in [3.63, 3.8) is 0 Å². The summed E-state index contributed by atoms with van der Waals surface area (Å²) in [6.45, 7) is 0.972. The number of rotatable bonds is 4. The molecule has 120 valence electrons. The molecule has 3 rings (SSSR count). The topological polar surface area (TPSA) is 47.6 Å². The molecule has 23 heavy (non-hydrogen) atoms. The summed E-state index contributed by atoms with van der Waals surface area (Å²) in [5, 5.41) is 3.34. The van der Waals surface area contributed by atoms with E-state index in [2.05, 4.69) is 5.32 Å². The number of amides is 1. The van der Waals surface area contributed by atoms with Crippen LogP contribution in [0.1, 0.15) is 5.56 Å². The van der Waals surface area contributed by atoms with Crippen LogP contribution in [0.15, 0.2) is 41.3 Å². The van der Waals surface area contributed by atoms with Gasteiger partial charge >= 0.3 is 0 Å². The third kappa shape index (κ3) is 3.92. The molecule has 4 nitrogen and oxygen atoms in total. The number of nitrogens with one attached hydrogen (secondary N) is 1. The molecule has 6 heteroatoms. The Morgan fingerprint density at radius 1 is 1.22 bits per heavy atom. The molecule has 0 aliphatic carbocycles. The Morgan fingerprint density at radius 2 is 1.96 bits per heavy atom. The van der Waals surface area contributed by atoms with Crippen molar-refractivity contribution in [3.8, 4) is 11.5 Å². The van der Waals surface area contributed by atoms with Gasteiger partial charge in [-0.3, -0.25) is 4.79 Å². The molecule has 0 bridgehead atoms. The van der Waals surface area contributed by atoms with Gasteiger partial charge in [0.25, 0.3) is 0 Å². The Balaban J connectivity index is 1.68. The van der Waals surface area contributed by atoms with Crippen LogP contribution in [0.2, 0.25) is 5.02 Å². The van der Waals surface area contributed by atoms with E-state index in [4.69, 9.17) is 21.1 Å². The van der Waals surface area contributed by atoms with E-state index in [0.29, 0.717) is 29.7 Å². The maximum Gasteiger partial charge on any atom is 0.228 e. The van der Waals surface area contributed by atoms with Crippen LogP contribution in [-0.4, -0.2) is 25.4 Å². The van der Waals surface area contributed by atoms with Gasteiger partial charge in [0.15, 0.2) is 11.5 Å². The second-order valence-corrected chi connectivity index (χ2v) is 6.34. The van der Waals surface area contributed by atoms with Crippen LogP contribution < -0.4 is 14.8 Å². The van der Waals surface area contributed by atoms with Gasteiger partial charge < -0.3 is 14.8 Å². The van der Waals surface area contributed by atoms with E-state index in [1.165, 1.54) is 0 Å². The Labute approximate surface area is 144 Å². The molecule has 1 aliphatic heterocycles. The average Bonchev–Trinajstić information content (AvgIpc) is 2.55. The molecule has 0 atom stereocenters. The predicted molar refractivity (Wildman–Crippen MR) is 93.0 cm³/mol. The Hall–Kier alpha value is -1.85. The number of halogens is 1. The molecule has 0 fully saturated rings. The number of fused-ring (bicyclic) bond motifs is 1. The predicted octanol–water partition coefficient (Wildman–Crippen LogP) is 4.01. The monoisotopic (exact) mass is 349 g/mol. The number of benzene rings is 2. The van der Waals surface area contributed by atoms with Crippen molar-refractivity contribution in [2.24, 2.45) is 0 Å². The van der Waals surface area contributed by atoms with Crippen LogP contribution in [-0.2, 0) is 11.2 Å². The van der Waals surface area contributed by atoms with Crippen molar-refractivity contribution >= 4 is 35.0 Å². The smallest absolute Gasteiger partial charge is 0.228 e. The molecule has 1 N–H and O–H groups in total. The fraction of sp³-hybridized carbons (Fsp3) is 0.235. The Kier molecular flexibility index (Phi) is 4.98. The fourth-order valence-corrected chi connectivity index (χ4v) is 3.03. The highest BCUT2D eigenvalue weighted by Gasteiger charge is 2.17. The summed E-state index contributed by atoms with van der Waals surface area (Å²) < 4.78 is 11.0. The first-order valence-electron chi connectivity index (χ1n) is 7.17. The van der Waals surface area contributed by atoms with Gasteiger partial charge in [-0.15, -0.1) is 11.8 Å². The van der Waals surface area contributed by atoms with Gasteiger partial charge in [-0.1, -0.05) is 11.6 Å². The molecular formula is C17H16ClNO3S. The summed E-state index contributed by atoms with van der Waals surface area (Å²) in [5.74, 6) is 1.04. The largest absolute Gasteiger partial charge is 0.486 e. The van der Waals surface area contributed by atoms with Gasteiger partial charge in [0, 0.05) is 10.6 Å². The van der Waals surface area contributed by atoms with Crippen LogP contribution in [0.3, 0.4) is 0 Å². The highest BCUT2D eigenvalue weighted by Crippen LogP contribution is 2.38. The lowest BCUT2D eigenvalue weighted by molar-refractivity contribution is -0.115. The maximum atomic E-state index is 12.2. The van der Waals surface area contributed by atoms with Gasteiger partial charge in [-0.25, -0.2) is 0 Å². The van der Waals surface area contributed by atoms with Gasteiger partial charge in [-0.2, -0.15) is 0 Å². The molecule has 0 radical (unpaired) electrons. The first kappa shape index (κ1) is 16.0. The molecule has 2 aromatic carbocycles. The minimum absolute atomic E-state index is 0.102. The summed E-state index contributed by atoms with van der Waals surface area (Å²) in [5.41, 5.74) is 1.56. The van der Waals surface area contributed by atoms with E-state index < -0.39 is 0 Å². The summed E-state index contributed by atoms with van der Waals surface area (Å²) >= 11 is 7.85. The van der Waals surface area contributed by atoms with Crippen molar-refractivity contribution in [2.45, 2.75) is 11.3 Å². The lowest BCUT2D eigenvalue weighted by Crippen LogP contribution is -2.17. The number of hydrogen-bond acceptors (Lipinski definition) is 4. The molecule has 1 amide bonds. The fourth-order valence-electron chi connectivity index (χ4n) is 2.33. The average molecular weight is 350 g/mol. The van der Waals surface area contributed by atoms with Crippen LogP contribution in [0.4, 0.5) is 5.69 Å². The van der Waals surface area contributed by atoms with E-state index in [-0.39, 0.29) is 12.3 Å². The zero-order chi connectivity index (χ0) is 16.2. The van der Waals surface area contributed by atoms with E-state index in [1.807, 2.05) is 30.5 Å². The molecule has 0 spiro atoms. The first-order chi connectivity index (χ1) is 11.2. The highest BCUT2D eigenvalue weighted by molar-refractivity contribution is 7.98. The minimum Gasteiger partial charge on any atom is -0.486 e. The second kappa shape index (κ2) is 7.15. The number of thioether (sulfide) groups is 1. The minimum atomic E-state index is -0.102. The highest BCUT2D eigenvalue weighted by atomic mass is 35.5. The van der Waals surface area contributed by atoms with E-state index in [1.54, 1.807) is 23.9 Å². The number of carbonyl (C=O) groups is 1. The van der Waals surface area contributed by atoms with Gasteiger partial charge in [0.05, 0.1) is 11.4 Å². The first-order valence-corrected chi connectivity index (χ1v) is 8.78. The van der Waals surface area contributed by atoms with Gasteiger partial charge in [0.1, 0.15) is 13.2 Å². The van der Waals surface area contributed by atoms with Crippen molar-refractivity contribution < 1.29 is 14.3 Å². The summed E-state index contributed by atoms with van der Waals surface area (Å²) in [7, 11) is 0. The molecule has 1 aliphatic rings. The third-order valence-electron chi connectivity index (χ3n) is 3.40. The summed E-state index contributed by atoms with van der Waals surface area (Å²) in [6.07, 6.45) is 2.24. The Bertz CT molecular complexity index is 719. The van der Waals surface area contributed by atoms with Gasteiger partial charge in [0.2, 0.25) is 5.91 Å². The zero-order valence-corrected chi connectivity index (χ0v) is 14.2. The number of ether oxygens (including phenoxy) is 2. The normalized spacial score (nSPS) is 12.8. The van der Waals surface area contributed by atoms with Crippen LogP contribution in [0, 0.1) is 0 Å². The van der Waals surface area contributed by atoms with E-state index >= 15 is 0 Å². The molecule has 2 aromatic rings. The van der Waals surface area contributed by atoms with E-state index in [0.717, 1.165) is 16.1 Å². The molecule has 0 saturated carbocycles. The quantitative estimate of drug-likeness (QED) is 0.847. The standard InChI is InChI=1S/C17H16ClNO3S/c1-23-13-4-2-12(3-5-13)19-16(20)10-11-8-14(18)17-15(9-11)21-6-7-22-17/h2-5,8-9H,6-7,10H2,1H3,(H,19,20). The lowest BCUT2D eigenvalue weighted by atomic mass is 10.1. The van der Waals surface area contributed by atoms with Crippen LogP contribution in [0.25, 0.3) is 0 Å². The van der Waals surface area contributed by atoms with Crippen molar-refractivity contribution in [3.05, 3.63) is 47.0 Å². The lowest BCUT2D eigenvalue weighted by Gasteiger charge is -2.20.